The predicted molar refractivity (Wildman–Crippen MR) is 145 cm³/mol. The van der Waals surface area contributed by atoms with E-state index in [1.165, 1.54) is 7.11 Å². The van der Waals surface area contributed by atoms with E-state index in [4.69, 9.17) is 14.8 Å². The third-order valence-electron chi connectivity index (χ3n) is 5.34. The number of aliphatic hydroxyl groups is 1. The smallest absolute Gasteiger partial charge is 0.253 e. The molecule has 0 fully saturated rings. The van der Waals surface area contributed by atoms with Crippen LogP contribution in [0.1, 0.15) is 16.8 Å². The van der Waals surface area contributed by atoms with E-state index in [2.05, 4.69) is 15.4 Å². The van der Waals surface area contributed by atoms with E-state index in [0.29, 0.717) is 46.7 Å². The standard InChI is InChI=1S/C25H26N4O5S.ClH/c1-34-22-15-16(29-35(2,32)33)11-12-21(22)28-23-17-7-3-4-10-20(17)27-24-18(23)8-5-9-19(24)25(31)26-13-6-14-30;/h3-5,7-12,15,29-30H,6,13-14H2,1-2H3,(H,26,31)(H,27,28);1H. The summed E-state index contributed by atoms with van der Waals surface area (Å²) in [6.07, 6.45) is 1.54. The highest BCUT2D eigenvalue weighted by atomic mass is 35.5. The summed E-state index contributed by atoms with van der Waals surface area (Å²) in [7, 11) is -1.94. The lowest BCUT2D eigenvalue weighted by atomic mass is 10.0. The van der Waals surface area contributed by atoms with Crippen LogP contribution in [0.2, 0.25) is 0 Å². The average Bonchev–Trinajstić information content (AvgIpc) is 2.83. The lowest BCUT2D eigenvalue weighted by Crippen LogP contribution is -2.25. The number of amides is 1. The fourth-order valence-corrected chi connectivity index (χ4v) is 4.37. The van der Waals surface area contributed by atoms with Crippen LogP contribution < -0.4 is 20.1 Å². The Kier molecular flexibility index (Phi) is 8.57. The van der Waals surface area contributed by atoms with E-state index >= 15 is 0 Å². The van der Waals surface area contributed by atoms with Gasteiger partial charge in [-0.15, -0.1) is 12.4 Å². The number of fused-ring (bicyclic) bond motifs is 2. The second-order valence-corrected chi connectivity index (χ2v) is 9.70. The number of aromatic nitrogens is 1. The molecule has 9 nitrogen and oxygen atoms in total. The van der Waals surface area contributed by atoms with Crippen molar-refractivity contribution in [2.75, 3.05) is 36.6 Å². The molecule has 4 aromatic rings. The molecule has 190 valence electrons. The minimum Gasteiger partial charge on any atom is -0.494 e. The van der Waals surface area contributed by atoms with Crippen LogP contribution in [0, 0.1) is 0 Å². The highest BCUT2D eigenvalue weighted by Crippen LogP contribution is 2.37. The van der Waals surface area contributed by atoms with E-state index < -0.39 is 10.0 Å². The Morgan fingerprint density at radius 1 is 1.06 bits per heavy atom. The number of aliphatic hydroxyl groups excluding tert-OH is 1. The number of anilines is 3. The summed E-state index contributed by atoms with van der Waals surface area (Å²) in [5.41, 5.74) is 3.38. The Labute approximate surface area is 215 Å². The van der Waals surface area contributed by atoms with E-state index in [1.807, 2.05) is 30.3 Å². The molecule has 0 aliphatic heterocycles. The lowest BCUT2D eigenvalue weighted by Gasteiger charge is -2.17. The molecule has 0 radical (unpaired) electrons. The monoisotopic (exact) mass is 530 g/mol. The number of sulfonamides is 1. The van der Waals surface area contributed by atoms with E-state index in [1.54, 1.807) is 30.3 Å². The maximum absolute atomic E-state index is 12.9. The predicted octanol–water partition coefficient (Wildman–Crippen LogP) is 4.05. The molecule has 0 saturated heterocycles. The summed E-state index contributed by atoms with van der Waals surface area (Å²) < 4.78 is 31.2. The van der Waals surface area contributed by atoms with Gasteiger partial charge in [0.2, 0.25) is 10.0 Å². The Hall–Kier alpha value is -3.60. The van der Waals surface area contributed by atoms with E-state index in [-0.39, 0.29) is 24.9 Å². The number of nitrogens with zero attached hydrogens (tertiary/aromatic N) is 1. The van der Waals surface area contributed by atoms with Gasteiger partial charge in [-0.05, 0) is 30.7 Å². The van der Waals surface area contributed by atoms with Gasteiger partial charge in [-0.2, -0.15) is 0 Å². The zero-order valence-corrected chi connectivity index (χ0v) is 21.4. The van der Waals surface area contributed by atoms with Gasteiger partial charge in [0.25, 0.3) is 5.91 Å². The van der Waals surface area contributed by atoms with E-state index in [0.717, 1.165) is 22.7 Å². The molecule has 0 aliphatic rings. The summed E-state index contributed by atoms with van der Waals surface area (Å²) in [5.74, 6) is 0.164. The Bertz CT molecular complexity index is 1510. The highest BCUT2D eigenvalue weighted by molar-refractivity contribution is 7.92. The number of para-hydroxylation sites is 2. The zero-order valence-electron chi connectivity index (χ0n) is 19.7. The molecule has 1 amide bonds. The first-order chi connectivity index (χ1) is 16.8. The minimum atomic E-state index is -3.44. The van der Waals surface area contributed by atoms with Crippen molar-refractivity contribution in [2.24, 2.45) is 0 Å². The largest absolute Gasteiger partial charge is 0.494 e. The number of rotatable bonds is 9. The van der Waals surface area contributed by atoms with Crippen molar-refractivity contribution in [1.82, 2.24) is 10.3 Å². The maximum atomic E-state index is 12.9. The average molecular weight is 531 g/mol. The van der Waals surface area contributed by atoms with Gasteiger partial charge in [0.05, 0.1) is 47.0 Å². The normalized spacial score (nSPS) is 11.1. The highest BCUT2D eigenvalue weighted by Gasteiger charge is 2.17. The molecule has 0 atom stereocenters. The number of ether oxygens (including phenoxy) is 1. The number of hydrogen-bond donors (Lipinski definition) is 4. The van der Waals surface area contributed by atoms with Gasteiger partial charge >= 0.3 is 0 Å². The van der Waals surface area contributed by atoms with Crippen molar-refractivity contribution < 1.29 is 23.1 Å². The van der Waals surface area contributed by atoms with Crippen LogP contribution in [-0.4, -0.2) is 50.9 Å². The number of halogens is 1. The summed E-state index contributed by atoms with van der Waals surface area (Å²) >= 11 is 0. The topological polar surface area (TPSA) is 130 Å². The SMILES string of the molecule is COc1cc(NS(C)(=O)=O)ccc1Nc1c2ccccc2nc2c(C(=O)NCCCO)cccc12.Cl. The third-order valence-corrected chi connectivity index (χ3v) is 5.95. The summed E-state index contributed by atoms with van der Waals surface area (Å²) in [6.45, 7) is 0.350. The Morgan fingerprint density at radius 3 is 2.53 bits per heavy atom. The second-order valence-electron chi connectivity index (χ2n) is 7.95. The molecule has 36 heavy (non-hydrogen) atoms. The van der Waals surface area contributed by atoms with Gasteiger partial charge in [-0.25, -0.2) is 13.4 Å². The van der Waals surface area contributed by atoms with Crippen LogP contribution in [-0.2, 0) is 10.0 Å². The first-order valence-corrected chi connectivity index (χ1v) is 12.8. The molecule has 0 unspecified atom stereocenters. The van der Waals surface area contributed by atoms with Crippen molar-refractivity contribution in [3.05, 3.63) is 66.2 Å². The molecule has 4 N–H and O–H groups in total. The summed E-state index contributed by atoms with van der Waals surface area (Å²) in [6, 6.07) is 17.9. The van der Waals surface area contributed by atoms with Gasteiger partial charge in [0.1, 0.15) is 5.75 Å². The van der Waals surface area contributed by atoms with Crippen LogP contribution >= 0.6 is 12.4 Å². The summed E-state index contributed by atoms with van der Waals surface area (Å²) in [5, 5.41) is 16.8. The number of carbonyl (C=O) groups excluding carboxylic acids is 1. The molecule has 11 heteroatoms. The Balaban J connectivity index is 0.00000361. The van der Waals surface area contributed by atoms with Crippen molar-refractivity contribution in [1.29, 1.82) is 0 Å². The maximum Gasteiger partial charge on any atom is 0.253 e. The fourth-order valence-electron chi connectivity index (χ4n) is 3.81. The molecule has 0 saturated carbocycles. The molecule has 1 aromatic heterocycles. The van der Waals surface area contributed by atoms with Crippen molar-refractivity contribution in [3.63, 3.8) is 0 Å². The van der Waals surface area contributed by atoms with Crippen molar-refractivity contribution in [3.8, 4) is 5.75 Å². The molecular formula is C25H27ClN4O5S. The molecule has 1 heterocycles. The lowest BCUT2D eigenvalue weighted by molar-refractivity contribution is 0.0952. The van der Waals surface area contributed by atoms with Gasteiger partial charge < -0.3 is 20.5 Å². The number of hydrogen-bond acceptors (Lipinski definition) is 7. The molecule has 3 aromatic carbocycles. The van der Waals surface area contributed by atoms with Crippen LogP contribution in [0.15, 0.2) is 60.7 Å². The van der Waals surface area contributed by atoms with Crippen molar-refractivity contribution >= 4 is 67.2 Å². The fraction of sp³-hybridized carbons (Fsp3) is 0.200. The third kappa shape index (κ3) is 5.96. The number of carbonyl (C=O) groups is 1. The summed E-state index contributed by atoms with van der Waals surface area (Å²) in [4.78, 5) is 17.6. The van der Waals surface area contributed by atoms with Crippen LogP contribution in [0.5, 0.6) is 5.75 Å². The molecular weight excluding hydrogens is 504 g/mol. The molecule has 0 spiro atoms. The van der Waals surface area contributed by atoms with Gasteiger partial charge in [-0.3, -0.25) is 9.52 Å². The number of methoxy groups -OCH3 is 1. The number of benzene rings is 3. The van der Waals surface area contributed by atoms with Crippen molar-refractivity contribution in [2.45, 2.75) is 6.42 Å². The zero-order chi connectivity index (χ0) is 25.0. The van der Waals surface area contributed by atoms with Crippen LogP contribution in [0.3, 0.4) is 0 Å². The quantitative estimate of drug-likeness (QED) is 0.190. The Morgan fingerprint density at radius 2 is 1.81 bits per heavy atom. The molecule has 0 bridgehead atoms. The number of pyridine rings is 1. The van der Waals surface area contributed by atoms with E-state index in [9.17, 15) is 13.2 Å². The van der Waals surface area contributed by atoms with Gasteiger partial charge in [0.15, 0.2) is 0 Å². The van der Waals surface area contributed by atoms with Crippen LogP contribution in [0.4, 0.5) is 17.1 Å². The van der Waals surface area contributed by atoms with Gasteiger partial charge in [0, 0.05) is 30.0 Å². The molecule has 0 aliphatic carbocycles. The first-order valence-electron chi connectivity index (χ1n) is 10.9. The minimum absolute atomic E-state index is 0. The van der Waals surface area contributed by atoms with Gasteiger partial charge in [-0.1, -0.05) is 30.3 Å². The first kappa shape index (κ1) is 27.0. The number of nitrogens with one attached hydrogen (secondary N) is 3. The second kappa shape index (κ2) is 11.4. The van der Waals surface area contributed by atoms with Crippen LogP contribution in [0.25, 0.3) is 21.8 Å². The molecule has 4 rings (SSSR count).